The second kappa shape index (κ2) is 9.39. The molecule has 152 valence electrons. The van der Waals surface area contributed by atoms with Crippen LogP contribution in [0.15, 0.2) is 29.3 Å². The topological polar surface area (TPSA) is 71.0 Å². The van der Waals surface area contributed by atoms with Crippen LogP contribution in [0.5, 0.6) is 5.75 Å². The quantitative estimate of drug-likeness (QED) is 0.433. The lowest BCUT2D eigenvalue weighted by atomic mass is 10.2. The predicted molar refractivity (Wildman–Crippen MR) is 107 cm³/mol. The molecule has 0 atom stereocenters. The number of nitrogens with one attached hydrogen (secondary N) is 1. The zero-order valence-electron chi connectivity index (χ0n) is 16.4. The molecule has 1 saturated heterocycles. The number of guanidine groups is 1. The summed E-state index contributed by atoms with van der Waals surface area (Å²) >= 11 is 0. The van der Waals surface area contributed by atoms with Gasteiger partial charge in [0.25, 0.3) is 0 Å². The minimum atomic E-state index is -3.07. The Morgan fingerprint density at radius 1 is 1.30 bits per heavy atom. The summed E-state index contributed by atoms with van der Waals surface area (Å²) in [6, 6.07) is 5.98. The summed E-state index contributed by atoms with van der Waals surface area (Å²) in [5.74, 6) is 1.29. The molecule has 0 spiro atoms. The number of ether oxygens (including phenoxy) is 1. The van der Waals surface area contributed by atoms with E-state index < -0.39 is 14.6 Å². The number of nitrogens with zero attached hydrogens (tertiary/aromatic N) is 2. The van der Waals surface area contributed by atoms with E-state index in [1.165, 1.54) is 12.1 Å². The number of hydrogen-bond acceptors (Lipinski definition) is 4. The highest BCUT2D eigenvalue weighted by Crippen LogP contribution is 2.23. The molecule has 0 aromatic heterocycles. The second-order valence-electron chi connectivity index (χ2n) is 7.25. The maximum Gasteiger partial charge on any atom is 0.193 e. The Balaban J connectivity index is 1.80. The molecule has 8 heteroatoms. The highest BCUT2D eigenvalue weighted by Gasteiger charge is 2.40. The van der Waals surface area contributed by atoms with Gasteiger partial charge in [-0.2, -0.15) is 0 Å². The van der Waals surface area contributed by atoms with E-state index in [0.717, 1.165) is 25.3 Å². The molecule has 6 nitrogen and oxygen atoms in total. The molecule has 1 aromatic rings. The Morgan fingerprint density at radius 2 is 2.00 bits per heavy atom. The minimum Gasteiger partial charge on any atom is -0.494 e. The summed E-state index contributed by atoms with van der Waals surface area (Å²) in [7, 11) is -3.07. The fourth-order valence-electron chi connectivity index (χ4n) is 2.87. The lowest BCUT2D eigenvalue weighted by Crippen LogP contribution is -2.57. The molecule has 1 heterocycles. The van der Waals surface area contributed by atoms with Crippen molar-refractivity contribution in [2.45, 2.75) is 38.4 Å². The summed E-state index contributed by atoms with van der Waals surface area (Å²) in [5.41, 5.74) is 0. The van der Waals surface area contributed by atoms with Crippen LogP contribution in [0.3, 0.4) is 0 Å². The average Bonchev–Trinajstić information content (AvgIpc) is 2.61. The van der Waals surface area contributed by atoms with Crippen LogP contribution in [0.1, 0.15) is 33.6 Å². The Bertz CT molecular complexity index is 733. The number of rotatable bonds is 7. The molecular weight excluding hydrogens is 369 g/mol. The zero-order chi connectivity index (χ0) is 19.9. The molecule has 1 aromatic carbocycles. The van der Waals surface area contributed by atoms with Gasteiger partial charge >= 0.3 is 0 Å². The SMILES string of the molecule is CCNC(=NCCCCOc1ccc(F)cc1)N1CCS(=O)(=O)C(C)(C)C1. The molecule has 0 unspecified atom stereocenters. The first-order chi connectivity index (χ1) is 12.7. The van der Waals surface area contributed by atoms with Crippen LogP contribution in [0, 0.1) is 5.82 Å². The first-order valence-electron chi connectivity index (χ1n) is 9.39. The van der Waals surface area contributed by atoms with Gasteiger partial charge in [0, 0.05) is 26.2 Å². The van der Waals surface area contributed by atoms with Crippen LogP contribution in [0.25, 0.3) is 0 Å². The molecule has 2 rings (SSSR count). The van der Waals surface area contributed by atoms with E-state index in [4.69, 9.17) is 4.74 Å². The van der Waals surface area contributed by atoms with E-state index in [-0.39, 0.29) is 11.6 Å². The van der Waals surface area contributed by atoms with Crippen LogP contribution >= 0.6 is 0 Å². The summed E-state index contributed by atoms with van der Waals surface area (Å²) in [5, 5.41) is 3.25. The van der Waals surface area contributed by atoms with Crippen LogP contribution in [0.4, 0.5) is 4.39 Å². The molecule has 0 aliphatic carbocycles. The first-order valence-corrected chi connectivity index (χ1v) is 11.0. The van der Waals surface area contributed by atoms with Gasteiger partial charge in [0.15, 0.2) is 15.8 Å². The summed E-state index contributed by atoms with van der Waals surface area (Å²) in [4.78, 5) is 6.67. The molecule has 1 aliphatic rings. The highest BCUT2D eigenvalue weighted by atomic mass is 32.2. The van der Waals surface area contributed by atoms with Crippen molar-refractivity contribution in [1.29, 1.82) is 0 Å². The van der Waals surface area contributed by atoms with Crippen LogP contribution in [-0.2, 0) is 9.84 Å². The molecule has 1 fully saturated rings. The van der Waals surface area contributed by atoms with E-state index in [0.29, 0.717) is 32.0 Å². The van der Waals surface area contributed by atoms with Gasteiger partial charge < -0.3 is 15.0 Å². The zero-order valence-corrected chi connectivity index (χ0v) is 17.2. The Hall–Kier alpha value is -1.83. The number of aliphatic imine (C=N–C) groups is 1. The minimum absolute atomic E-state index is 0.149. The van der Waals surface area contributed by atoms with Gasteiger partial charge in [-0.05, 0) is 57.9 Å². The predicted octanol–water partition coefficient (Wildman–Crippen LogP) is 2.46. The maximum atomic E-state index is 12.8. The third-order valence-corrected chi connectivity index (χ3v) is 7.11. The number of benzene rings is 1. The Kier molecular flexibility index (Phi) is 7.47. The van der Waals surface area contributed by atoms with Crippen LogP contribution < -0.4 is 10.1 Å². The smallest absolute Gasteiger partial charge is 0.193 e. The van der Waals surface area contributed by atoms with E-state index in [2.05, 4.69) is 10.3 Å². The van der Waals surface area contributed by atoms with Crippen molar-refractivity contribution >= 4 is 15.8 Å². The standard InChI is InChI=1S/C19H30FN3O3S/c1-4-21-18(23-12-14-27(24,25)19(2,3)15-23)22-11-5-6-13-26-17-9-7-16(20)8-10-17/h7-10H,4-6,11-15H2,1-3H3,(H,21,22). The van der Waals surface area contributed by atoms with E-state index in [1.54, 1.807) is 26.0 Å². The van der Waals surface area contributed by atoms with Crippen LogP contribution in [0.2, 0.25) is 0 Å². The molecule has 0 bridgehead atoms. The van der Waals surface area contributed by atoms with Crippen molar-refractivity contribution in [3.63, 3.8) is 0 Å². The molecule has 0 amide bonds. The van der Waals surface area contributed by atoms with Gasteiger partial charge in [-0.15, -0.1) is 0 Å². The Morgan fingerprint density at radius 3 is 2.63 bits per heavy atom. The van der Waals surface area contributed by atoms with Gasteiger partial charge in [0.1, 0.15) is 11.6 Å². The normalized spacial score (nSPS) is 19.0. The van der Waals surface area contributed by atoms with Gasteiger partial charge in [0.2, 0.25) is 0 Å². The molecular formula is C19H30FN3O3S. The van der Waals surface area contributed by atoms with Gasteiger partial charge in [-0.3, -0.25) is 4.99 Å². The molecule has 1 N–H and O–H groups in total. The first kappa shape index (κ1) is 21.5. The van der Waals surface area contributed by atoms with Crippen molar-refractivity contribution < 1.29 is 17.5 Å². The maximum absolute atomic E-state index is 12.8. The van der Waals surface area contributed by atoms with Gasteiger partial charge in [-0.25, -0.2) is 12.8 Å². The summed E-state index contributed by atoms with van der Waals surface area (Å²) < 4.78 is 42.0. The lowest BCUT2D eigenvalue weighted by molar-refractivity contribution is 0.307. The fraction of sp³-hybridized carbons (Fsp3) is 0.632. The number of halogens is 1. The largest absolute Gasteiger partial charge is 0.494 e. The average molecular weight is 400 g/mol. The van der Waals surface area contributed by atoms with Crippen molar-refractivity contribution in [2.75, 3.05) is 38.5 Å². The van der Waals surface area contributed by atoms with Crippen molar-refractivity contribution in [3.05, 3.63) is 30.1 Å². The second-order valence-corrected chi connectivity index (χ2v) is 9.99. The molecule has 27 heavy (non-hydrogen) atoms. The van der Waals surface area contributed by atoms with E-state index >= 15 is 0 Å². The van der Waals surface area contributed by atoms with Crippen molar-refractivity contribution in [2.24, 2.45) is 4.99 Å². The van der Waals surface area contributed by atoms with E-state index in [1.807, 2.05) is 11.8 Å². The monoisotopic (exact) mass is 399 g/mol. The fourth-order valence-corrected chi connectivity index (χ4v) is 4.24. The number of hydrogen-bond donors (Lipinski definition) is 1. The molecule has 0 saturated carbocycles. The highest BCUT2D eigenvalue weighted by molar-refractivity contribution is 7.92. The molecule has 0 radical (unpaired) electrons. The third-order valence-electron chi connectivity index (χ3n) is 4.57. The van der Waals surface area contributed by atoms with Crippen LogP contribution in [-0.4, -0.2) is 62.6 Å². The van der Waals surface area contributed by atoms with Crippen molar-refractivity contribution in [3.8, 4) is 5.75 Å². The summed E-state index contributed by atoms with van der Waals surface area (Å²) in [6.07, 6.45) is 1.69. The Labute approximate surface area is 161 Å². The number of unbranched alkanes of at least 4 members (excludes halogenated alkanes) is 1. The van der Waals surface area contributed by atoms with Crippen molar-refractivity contribution in [1.82, 2.24) is 10.2 Å². The van der Waals surface area contributed by atoms with Gasteiger partial charge in [-0.1, -0.05) is 0 Å². The lowest BCUT2D eigenvalue weighted by Gasteiger charge is -2.39. The van der Waals surface area contributed by atoms with Gasteiger partial charge in [0.05, 0.1) is 17.1 Å². The molecule has 1 aliphatic heterocycles. The summed E-state index contributed by atoms with van der Waals surface area (Å²) in [6.45, 7) is 8.36. The number of sulfone groups is 1. The van der Waals surface area contributed by atoms with E-state index in [9.17, 15) is 12.8 Å². The third kappa shape index (κ3) is 6.09.